The smallest absolute Gasteiger partial charge is 0.234 e. The molecule has 3 heteroatoms. The lowest BCUT2D eigenvalue weighted by molar-refractivity contribution is -0.121. The molecule has 2 aliphatic carbocycles. The maximum atomic E-state index is 11.7. The van der Waals surface area contributed by atoms with Gasteiger partial charge in [0, 0.05) is 12.6 Å². The standard InChI is InChI=1S/C14H24N2O/c1-3-6-15-9-14(17)16-10(2)13-8-11-4-5-12(13)7-11/h3,10-13,15H,1,4-9H2,2H3,(H,16,17)/t10-,11+,12+,13-/m1/s1. The Hall–Kier alpha value is -0.830. The molecule has 0 unspecified atom stereocenters. The first-order chi connectivity index (χ1) is 8.20. The lowest BCUT2D eigenvalue weighted by Gasteiger charge is -2.28. The van der Waals surface area contributed by atoms with Crippen LogP contribution in [0, 0.1) is 17.8 Å². The first-order valence-corrected chi connectivity index (χ1v) is 6.81. The highest BCUT2D eigenvalue weighted by Gasteiger charge is 2.41. The zero-order valence-electron chi connectivity index (χ0n) is 10.7. The highest BCUT2D eigenvalue weighted by Crippen LogP contribution is 2.49. The molecule has 0 radical (unpaired) electrons. The molecule has 2 bridgehead atoms. The van der Waals surface area contributed by atoms with Gasteiger partial charge in [-0.15, -0.1) is 6.58 Å². The molecular weight excluding hydrogens is 212 g/mol. The molecule has 2 saturated carbocycles. The molecular formula is C14H24N2O. The predicted octanol–water partition coefficient (Wildman–Crippen LogP) is 1.70. The number of hydrogen-bond acceptors (Lipinski definition) is 2. The van der Waals surface area contributed by atoms with Crippen molar-refractivity contribution in [2.45, 2.75) is 38.6 Å². The van der Waals surface area contributed by atoms with Gasteiger partial charge in [-0.2, -0.15) is 0 Å². The van der Waals surface area contributed by atoms with E-state index in [9.17, 15) is 4.79 Å². The van der Waals surface area contributed by atoms with Crippen molar-refractivity contribution in [3.63, 3.8) is 0 Å². The Kier molecular flexibility index (Phi) is 4.21. The number of hydrogen-bond donors (Lipinski definition) is 2. The lowest BCUT2D eigenvalue weighted by atomic mass is 9.84. The van der Waals surface area contributed by atoms with Crippen LogP contribution in [0.15, 0.2) is 12.7 Å². The maximum absolute atomic E-state index is 11.7. The van der Waals surface area contributed by atoms with Crippen molar-refractivity contribution in [1.29, 1.82) is 0 Å². The first kappa shape index (κ1) is 12.6. The van der Waals surface area contributed by atoms with Gasteiger partial charge in [0.25, 0.3) is 0 Å². The van der Waals surface area contributed by atoms with Gasteiger partial charge in [-0.3, -0.25) is 4.79 Å². The molecule has 0 saturated heterocycles. The van der Waals surface area contributed by atoms with Crippen LogP contribution in [0.5, 0.6) is 0 Å². The molecule has 17 heavy (non-hydrogen) atoms. The number of nitrogens with one attached hydrogen (secondary N) is 2. The Balaban J connectivity index is 1.71. The van der Waals surface area contributed by atoms with Crippen molar-refractivity contribution < 1.29 is 4.79 Å². The lowest BCUT2D eigenvalue weighted by Crippen LogP contribution is -2.43. The van der Waals surface area contributed by atoms with Crippen molar-refractivity contribution in [3.05, 3.63) is 12.7 Å². The summed E-state index contributed by atoms with van der Waals surface area (Å²) in [5.74, 6) is 2.65. The minimum atomic E-state index is 0.113. The molecule has 0 aliphatic heterocycles. The quantitative estimate of drug-likeness (QED) is 0.544. The van der Waals surface area contributed by atoms with Gasteiger partial charge in [-0.1, -0.05) is 12.5 Å². The Labute approximate surface area is 104 Å². The van der Waals surface area contributed by atoms with Gasteiger partial charge in [0.05, 0.1) is 6.54 Å². The molecule has 96 valence electrons. The normalized spacial score (nSPS) is 32.4. The molecule has 3 nitrogen and oxygen atoms in total. The van der Waals surface area contributed by atoms with E-state index in [0.717, 1.165) is 17.8 Å². The van der Waals surface area contributed by atoms with E-state index < -0.39 is 0 Å². The second-order valence-electron chi connectivity index (χ2n) is 5.61. The Bertz CT molecular complexity index is 290. The fourth-order valence-corrected chi connectivity index (χ4v) is 3.61. The molecule has 0 heterocycles. The van der Waals surface area contributed by atoms with Crippen LogP contribution in [-0.4, -0.2) is 25.0 Å². The molecule has 1 amide bonds. The van der Waals surface area contributed by atoms with E-state index in [1.165, 1.54) is 25.7 Å². The van der Waals surface area contributed by atoms with Gasteiger partial charge < -0.3 is 10.6 Å². The van der Waals surface area contributed by atoms with Crippen molar-refractivity contribution in [2.75, 3.05) is 13.1 Å². The summed E-state index contributed by atoms with van der Waals surface area (Å²) in [5, 5.41) is 6.16. The molecule has 2 rings (SSSR count). The van der Waals surface area contributed by atoms with E-state index in [2.05, 4.69) is 24.1 Å². The second-order valence-corrected chi connectivity index (χ2v) is 5.61. The van der Waals surface area contributed by atoms with Crippen LogP contribution in [0.4, 0.5) is 0 Å². The van der Waals surface area contributed by atoms with Gasteiger partial charge >= 0.3 is 0 Å². The fraction of sp³-hybridized carbons (Fsp3) is 0.786. The van der Waals surface area contributed by atoms with Crippen molar-refractivity contribution in [3.8, 4) is 0 Å². The van der Waals surface area contributed by atoms with Crippen LogP contribution in [0.25, 0.3) is 0 Å². The van der Waals surface area contributed by atoms with Crippen LogP contribution >= 0.6 is 0 Å². The molecule has 0 aromatic carbocycles. The van der Waals surface area contributed by atoms with E-state index >= 15 is 0 Å². The Morgan fingerprint density at radius 2 is 2.29 bits per heavy atom. The van der Waals surface area contributed by atoms with Crippen LogP contribution in [0.2, 0.25) is 0 Å². The van der Waals surface area contributed by atoms with Crippen molar-refractivity contribution in [2.24, 2.45) is 17.8 Å². The highest BCUT2D eigenvalue weighted by atomic mass is 16.1. The van der Waals surface area contributed by atoms with E-state index in [4.69, 9.17) is 0 Å². The summed E-state index contributed by atoms with van der Waals surface area (Å²) in [5.41, 5.74) is 0. The first-order valence-electron chi connectivity index (χ1n) is 6.81. The SMILES string of the molecule is C=CCNCC(=O)N[C@H](C)[C@H]1C[C@H]2CC[C@H]1C2. The van der Waals surface area contributed by atoms with Gasteiger partial charge in [-0.05, 0) is 43.9 Å². The number of fused-ring (bicyclic) bond motifs is 2. The van der Waals surface area contributed by atoms with Crippen molar-refractivity contribution in [1.82, 2.24) is 10.6 Å². The monoisotopic (exact) mass is 236 g/mol. The third-order valence-electron chi connectivity index (χ3n) is 4.40. The average Bonchev–Trinajstić information content (AvgIpc) is 2.91. The molecule has 4 atom stereocenters. The maximum Gasteiger partial charge on any atom is 0.234 e. The fourth-order valence-electron chi connectivity index (χ4n) is 3.61. The topological polar surface area (TPSA) is 41.1 Å². The number of carbonyl (C=O) groups is 1. The van der Waals surface area contributed by atoms with Crippen LogP contribution in [0.1, 0.15) is 32.6 Å². The summed E-state index contributed by atoms with van der Waals surface area (Å²) < 4.78 is 0. The van der Waals surface area contributed by atoms with E-state index in [0.29, 0.717) is 19.1 Å². The summed E-state index contributed by atoms with van der Waals surface area (Å²) in [6.07, 6.45) is 7.30. The van der Waals surface area contributed by atoms with Crippen LogP contribution < -0.4 is 10.6 Å². The van der Waals surface area contributed by atoms with E-state index in [1.54, 1.807) is 6.08 Å². The van der Waals surface area contributed by atoms with Gasteiger partial charge in [0.15, 0.2) is 0 Å². The Morgan fingerprint density at radius 3 is 2.88 bits per heavy atom. The minimum Gasteiger partial charge on any atom is -0.352 e. The van der Waals surface area contributed by atoms with Gasteiger partial charge in [0.2, 0.25) is 5.91 Å². The summed E-state index contributed by atoms with van der Waals surface area (Å²) in [6.45, 7) is 6.87. The van der Waals surface area contributed by atoms with Gasteiger partial charge in [0.1, 0.15) is 0 Å². The van der Waals surface area contributed by atoms with E-state index in [-0.39, 0.29) is 5.91 Å². The molecule has 0 spiro atoms. The highest BCUT2D eigenvalue weighted by molar-refractivity contribution is 5.78. The summed E-state index contributed by atoms with van der Waals surface area (Å²) in [7, 11) is 0. The molecule has 2 N–H and O–H groups in total. The molecule has 2 fully saturated rings. The van der Waals surface area contributed by atoms with E-state index in [1.807, 2.05) is 0 Å². The zero-order valence-corrected chi connectivity index (χ0v) is 10.7. The number of amides is 1. The second kappa shape index (κ2) is 5.67. The third kappa shape index (κ3) is 3.09. The van der Waals surface area contributed by atoms with Crippen LogP contribution in [0.3, 0.4) is 0 Å². The predicted molar refractivity (Wildman–Crippen MR) is 69.6 cm³/mol. The average molecular weight is 236 g/mol. The molecule has 0 aromatic rings. The zero-order chi connectivity index (χ0) is 12.3. The third-order valence-corrected chi connectivity index (χ3v) is 4.40. The largest absolute Gasteiger partial charge is 0.352 e. The van der Waals surface area contributed by atoms with Crippen molar-refractivity contribution >= 4 is 5.91 Å². The summed E-state index contributed by atoms with van der Waals surface area (Å²) >= 11 is 0. The summed E-state index contributed by atoms with van der Waals surface area (Å²) in [4.78, 5) is 11.7. The number of rotatable bonds is 6. The molecule has 0 aromatic heterocycles. The summed E-state index contributed by atoms with van der Waals surface area (Å²) in [6, 6.07) is 0.336. The minimum absolute atomic E-state index is 0.113. The van der Waals surface area contributed by atoms with Crippen LogP contribution in [-0.2, 0) is 4.79 Å². The molecule has 2 aliphatic rings. The Morgan fingerprint density at radius 1 is 1.47 bits per heavy atom. The number of carbonyl (C=O) groups excluding carboxylic acids is 1. The van der Waals surface area contributed by atoms with Gasteiger partial charge in [-0.25, -0.2) is 0 Å².